The molecule has 114 valence electrons. The van der Waals surface area contributed by atoms with Gasteiger partial charge in [-0.15, -0.1) is 0 Å². The number of halogens is 2. The van der Waals surface area contributed by atoms with Crippen LogP contribution in [0.2, 0.25) is 5.02 Å². The lowest BCUT2D eigenvalue weighted by Crippen LogP contribution is -2.21. The molecule has 1 N–H and O–H groups in total. The highest BCUT2D eigenvalue weighted by atomic mass is 79.9. The number of hydrogen-bond acceptors (Lipinski definition) is 3. The largest absolute Gasteiger partial charge is 0.452 e. The average Bonchev–Trinajstić information content (AvgIpc) is 2.48. The van der Waals surface area contributed by atoms with Gasteiger partial charge in [0.2, 0.25) is 0 Å². The monoisotopic (exact) mass is 381 g/mol. The molecule has 22 heavy (non-hydrogen) atoms. The third-order valence-electron chi connectivity index (χ3n) is 2.81. The molecule has 2 aromatic rings. The zero-order valence-electron chi connectivity index (χ0n) is 11.7. The van der Waals surface area contributed by atoms with Crippen LogP contribution in [0.1, 0.15) is 15.9 Å². The van der Waals surface area contributed by atoms with E-state index in [1.807, 2.05) is 13.0 Å². The Hall–Kier alpha value is -1.85. The number of nitrogens with one attached hydrogen (secondary N) is 1. The Bertz CT molecular complexity index is 701. The first-order valence-electron chi connectivity index (χ1n) is 6.44. The van der Waals surface area contributed by atoms with Crippen LogP contribution in [0.5, 0.6) is 0 Å². The van der Waals surface area contributed by atoms with Crippen LogP contribution in [0.25, 0.3) is 0 Å². The molecule has 0 radical (unpaired) electrons. The Kier molecular flexibility index (Phi) is 5.57. The summed E-state index contributed by atoms with van der Waals surface area (Å²) in [6.45, 7) is 1.52. The molecular weight excluding hydrogens is 370 g/mol. The minimum atomic E-state index is -0.558. The Labute approximate surface area is 141 Å². The Morgan fingerprint density at radius 1 is 1.18 bits per heavy atom. The van der Waals surface area contributed by atoms with Crippen molar-refractivity contribution in [2.24, 2.45) is 0 Å². The highest BCUT2D eigenvalue weighted by Crippen LogP contribution is 2.22. The number of anilines is 1. The van der Waals surface area contributed by atoms with E-state index in [4.69, 9.17) is 16.3 Å². The van der Waals surface area contributed by atoms with Gasteiger partial charge in [0.15, 0.2) is 6.61 Å². The first-order valence-corrected chi connectivity index (χ1v) is 7.61. The summed E-state index contributed by atoms with van der Waals surface area (Å²) in [4.78, 5) is 23.6. The first kappa shape index (κ1) is 16.5. The van der Waals surface area contributed by atoms with Crippen LogP contribution in [-0.2, 0) is 9.53 Å². The fourth-order valence-corrected chi connectivity index (χ4v) is 2.25. The molecule has 0 fully saturated rings. The maximum absolute atomic E-state index is 11.8. The van der Waals surface area contributed by atoms with Gasteiger partial charge in [0, 0.05) is 4.47 Å². The van der Waals surface area contributed by atoms with Gasteiger partial charge in [-0.25, -0.2) is 4.79 Å². The van der Waals surface area contributed by atoms with Crippen molar-refractivity contribution in [3.63, 3.8) is 0 Å². The van der Waals surface area contributed by atoms with Crippen molar-refractivity contribution in [2.45, 2.75) is 6.92 Å². The normalized spacial score (nSPS) is 10.1. The summed E-state index contributed by atoms with van der Waals surface area (Å²) in [6.07, 6.45) is 0. The van der Waals surface area contributed by atoms with Crippen molar-refractivity contribution < 1.29 is 14.3 Å². The number of carbonyl (C=O) groups is 2. The second-order valence-corrected chi connectivity index (χ2v) is 5.94. The molecule has 6 heteroatoms. The van der Waals surface area contributed by atoms with Crippen LogP contribution in [0.15, 0.2) is 46.9 Å². The molecule has 0 heterocycles. The molecule has 0 unspecified atom stereocenters. The van der Waals surface area contributed by atoms with Gasteiger partial charge in [-0.2, -0.15) is 0 Å². The minimum absolute atomic E-state index is 0.376. The van der Waals surface area contributed by atoms with Crippen LogP contribution in [-0.4, -0.2) is 18.5 Å². The van der Waals surface area contributed by atoms with E-state index in [-0.39, 0.29) is 6.61 Å². The number of hydrogen-bond donors (Lipinski definition) is 1. The quantitative estimate of drug-likeness (QED) is 0.806. The van der Waals surface area contributed by atoms with E-state index in [0.717, 1.165) is 10.0 Å². The molecule has 0 spiro atoms. The molecule has 4 nitrogen and oxygen atoms in total. The summed E-state index contributed by atoms with van der Waals surface area (Å²) in [7, 11) is 0. The van der Waals surface area contributed by atoms with Crippen LogP contribution in [0.3, 0.4) is 0 Å². The summed E-state index contributed by atoms with van der Waals surface area (Å²) < 4.78 is 5.81. The van der Waals surface area contributed by atoms with Crippen LogP contribution >= 0.6 is 27.5 Å². The Morgan fingerprint density at radius 2 is 1.86 bits per heavy atom. The molecule has 0 saturated heterocycles. The maximum Gasteiger partial charge on any atom is 0.338 e. The van der Waals surface area contributed by atoms with Gasteiger partial charge >= 0.3 is 5.97 Å². The lowest BCUT2D eigenvalue weighted by atomic mass is 10.2. The molecule has 0 aromatic heterocycles. The highest BCUT2D eigenvalue weighted by Gasteiger charge is 2.11. The number of aryl methyl sites for hydroxylation is 1. The SMILES string of the molecule is Cc1ccc(NC(=O)COC(=O)c2ccc(Br)cc2)c(Cl)c1. The number of rotatable bonds is 4. The van der Waals surface area contributed by atoms with Gasteiger partial charge < -0.3 is 10.1 Å². The Balaban J connectivity index is 1.89. The van der Waals surface area contributed by atoms with E-state index in [2.05, 4.69) is 21.2 Å². The molecule has 1 amide bonds. The van der Waals surface area contributed by atoms with Gasteiger partial charge in [-0.3, -0.25) is 4.79 Å². The van der Waals surface area contributed by atoms with Gasteiger partial charge in [-0.05, 0) is 48.9 Å². The van der Waals surface area contributed by atoms with Crippen molar-refractivity contribution in [3.05, 3.63) is 63.1 Å². The standard InChI is InChI=1S/C16H13BrClNO3/c1-10-2-7-14(13(18)8-10)19-15(20)9-22-16(21)11-3-5-12(17)6-4-11/h2-8H,9H2,1H3,(H,19,20). The van der Waals surface area contributed by atoms with Crippen molar-refractivity contribution in [1.82, 2.24) is 0 Å². The Morgan fingerprint density at radius 3 is 2.50 bits per heavy atom. The van der Waals surface area contributed by atoms with Crippen LogP contribution in [0.4, 0.5) is 5.69 Å². The molecule has 0 atom stereocenters. The van der Waals surface area contributed by atoms with Crippen LogP contribution < -0.4 is 5.32 Å². The number of esters is 1. The maximum atomic E-state index is 11.8. The number of ether oxygens (including phenoxy) is 1. The van der Waals surface area contributed by atoms with Crippen LogP contribution in [0, 0.1) is 6.92 Å². The van der Waals surface area contributed by atoms with Gasteiger partial charge in [-0.1, -0.05) is 33.6 Å². The number of carbonyl (C=O) groups excluding carboxylic acids is 2. The molecule has 0 saturated carbocycles. The average molecular weight is 383 g/mol. The molecule has 0 aliphatic rings. The smallest absolute Gasteiger partial charge is 0.338 e. The van der Waals surface area contributed by atoms with Crippen molar-refractivity contribution >= 4 is 45.1 Å². The molecule has 2 aromatic carbocycles. The van der Waals surface area contributed by atoms with E-state index < -0.39 is 11.9 Å². The molecular formula is C16H13BrClNO3. The predicted molar refractivity (Wildman–Crippen MR) is 89.2 cm³/mol. The number of benzene rings is 2. The summed E-state index contributed by atoms with van der Waals surface area (Å²) in [5.74, 6) is -1.01. The van der Waals surface area contributed by atoms with E-state index in [0.29, 0.717) is 16.3 Å². The van der Waals surface area contributed by atoms with Gasteiger partial charge in [0.1, 0.15) is 0 Å². The van der Waals surface area contributed by atoms with E-state index in [1.54, 1.807) is 36.4 Å². The minimum Gasteiger partial charge on any atom is -0.452 e. The van der Waals surface area contributed by atoms with Crippen molar-refractivity contribution in [1.29, 1.82) is 0 Å². The van der Waals surface area contributed by atoms with Crippen molar-refractivity contribution in [3.8, 4) is 0 Å². The predicted octanol–water partition coefficient (Wildman–Crippen LogP) is 4.21. The zero-order chi connectivity index (χ0) is 16.1. The van der Waals surface area contributed by atoms with E-state index in [9.17, 15) is 9.59 Å². The summed E-state index contributed by atoms with van der Waals surface area (Å²) in [5, 5.41) is 3.04. The first-order chi connectivity index (χ1) is 10.5. The van der Waals surface area contributed by atoms with Gasteiger partial charge in [0.25, 0.3) is 5.91 Å². The highest BCUT2D eigenvalue weighted by molar-refractivity contribution is 9.10. The lowest BCUT2D eigenvalue weighted by molar-refractivity contribution is -0.119. The molecule has 2 rings (SSSR count). The molecule has 0 aliphatic heterocycles. The van der Waals surface area contributed by atoms with E-state index >= 15 is 0 Å². The zero-order valence-corrected chi connectivity index (χ0v) is 14.1. The van der Waals surface area contributed by atoms with E-state index in [1.165, 1.54) is 0 Å². The fourth-order valence-electron chi connectivity index (χ4n) is 1.71. The van der Waals surface area contributed by atoms with Crippen molar-refractivity contribution in [2.75, 3.05) is 11.9 Å². The summed E-state index contributed by atoms with van der Waals surface area (Å²) >= 11 is 9.30. The second-order valence-electron chi connectivity index (χ2n) is 4.61. The molecule has 0 bridgehead atoms. The number of amides is 1. The third kappa shape index (κ3) is 4.58. The second kappa shape index (κ2) is 7.42. The summed E-state index contributed by atoms with van der Waals surface area (Å²) in [5.41, 5.74) is 1.85. The fraction of sp³-hybridized carbons (Fsp3) is 0.125. The van der Waals surface area contributed by atoms with Gasteiger partial charge in [0.05, 0.1) is 16.3 Å². The third-order valence-corrected chi connectivity index (χ3v) is 3.65. The molecule has 0 aliphatic carbocycles. The topological polar surface area (TPSA) is 55.4 Å². The lowest BCUT2D eigenvalue weighted by Gasteiger charge is -2.08. The summed E-state index contributed by atoms with van der Waals surface area (Å²) in [6, 6.07) is 11.9.